The van der Waals surface area contributed by atoms with Crippen LogP contribution in [-0.4, -0.2) is 97.0 Å². The summed E-state index contributed by atoms with van der Waals surface area (Å²) in [7, 11) is -0.987. The molecule has 2 saturated carbocycles. The van der Waals surface area contributed by atoms with E-state index >= 15 is 0 Å². The van der Waals surface area contributed by atoms with Gasteiger partial charge in [0.05, 0.1) is 31.0 Å². The van der Waals surface area contributed by atoms with Crippen LogP contribution < -0.4 is 29.6 Å². The maximum absolute atomic E-state index is 14.8. The lowest BCUT2D eigenvalue weighted by atomic mass is 9.88. The number of benzene rings is 1. The number of hydrogen-bond donors (Lipinski definition) is 3. The van der Waals surface area contributed by atoms with Gasteiger partial charge >= 0.3 is 6.09 Å². The van der Waals surface area contributed by atoms with Crippen molar-refractivity contribution in [3.63, 3.8) is 0 Å². The molecular formula is C40H55N5O10S. The smallest absolute Gasteiger partial charge is 0.408 e. The second-order valence-electron chi connectivity index (χ2n) is 17.1. The number of nitrogens with zero attached hydrogens (tertiary/aromatic N) is 2. The van der Waals surface area contributed by atoms with E-state index in [-0.39, 0.29) is 42.9 Å². The Morgan fingerprint density at radius 1 is 1.05 bits per heavy atom. The third-order valence-corrected chi connectivity index (χ3v) is 13.5. The van der Waals surface area contributed by atoms with Crippen molar-refractivity contribution >= 4 is 44.7 Å². The first kappa shape index (κ1) is 41.0. The van der Waals surface area contributed by atoms with Crippen molar-refractivity contribution in [1.29, 1.82) is 0 Å². The highest BCUT2D eigenvalue weighted by molar-refractivity contribution is 7.91. The monoisotopic (exact) mass is 797 g/mol. The molecule has 0 spiro atoms. The molecule has 3 fully saturated rings. The highest BCUT2D eigenvalue weighted by Crippen LogP contribution is 2.48. The van der Waals surface area contributed by atoms with E-state index in [0.29, 0.717) is 42.3 Å². The number of ether oxygens (including phenoxy) is 4. The van der Waals surface area contributed by atoms with E-state index in [9.17, 15) is 27.6 Å². The molecule has 56 heavy (non-hydrogen) atoms. The van der Waals surface area contributed by atoms with Gasteiger partial charge in [0.15, 0.2) is 5.75 Å². The van der Waals surface area contributed by atoms with Gasteiger partial charge in [0, 0.05) is 17.7 Å². The number of alkyl carbamates (subject to hydrolysis) is 1. The number of nitrogens with one attached hydrogen (secondary N) is 3. The van der Waals surface area contributed by atoms with E-state index in [2.05, 4.69) is 27.3 Å². The molecule has 3 heterocycles. The van der Waals surface area contributed by atoms with Gasteiger partial charge in [-0.25, -0.2) is 18.2 Å². The van der Waals surface area contributed by atoms with Crippen LogP contribution in [0.2, 0.25) is 0 Å². The zero-order valence-corrected chi connectivity index (χ0v) is 34.3. The summed E-state index contributed by atoms with van der Waals surface area (Å²) < 4.78 is 50.6. The molecule has 2 aliphatic heterocycles. The van der Waals surface area contributed by atoms with Crippen LogP contribution in [0, 0.1) is 17.8 Å². The Bertz CT molecular complexity index is 2010. The number of fused-ring (bicyclic) bond motifs is 3. The molecule has 4 amide bonds. The third-order valence-electron chi connectivity index (χ3n) is 11.4. The van der Waals surface area contributed by atoms with Crippen LogP contribution in [-0.2, 0) is 29.1 Å². The van der Waals surface area contributed by atoms with Crippen molar-refractivity contribution < 1.29 is 46.5 Å². The van der Waals surface area contributed by atoms with Gasteiger partial charge in [0.1, 0.15) is 35.1 Å². The molecule has 0 radical (unpaired) electrons. The van der Waals surface area contributed by atoms with Crippen molar-refractivity contribution in [2.45, 2.75) is 121 Å². The molecule has 1 aromatic carbocycles. The largest absolute Gasteiger partial charge is 0.497 e. The number of amides is 4. The molecule has 16 heteroatoms. The Balaban J connectivity index is 1.36. The fraction of sp³-hybridized carbons (Fsp3) is 0.625. The van der Waals surface area contributed by atoms with Gasteiger partial charge in [0.2, 0.25) is 21.8 Å². The second kappa shape index (κ2) is 15.4. The summed E-state index contributed by atoms with van der Waals surface area (Å²) in [6, 6.07) is 4.89. The van der Waals surface area contributed by atoms with Crippen LogP contribution >= 0.6 is 0 Å². The van der Waals surface area contributed by atoms with E-state index in [1.807, 2.05) is 19.1 Å². The van der Waals surface area contributed by atoms with Gasteiger partial charge in [0.25, 0.3) is 11.8 Å². The maximum Gasteiger partial charge on any atom is 0.408 e. The molecule has 6 rings (SSSR count). The number of aromatic nitrogens is 1. The van der Waals surface area contributed by atoms with E-state index < -0.39 is 73.8 Å². The van der Waals surface area contributed by atoms with Crippen LogP contribution in [0.3, 0.4) is 0 Å². The highest BCUT2D eigenvalue weighted by atomic mass is 32.2. The van der Waals surface area contributed by atoms with E-state index in [4.69, 9.17) is 18.9 Å². The van der Waals surface area contributed by atoms with E-state index in [1.165, 1.54) is 12.0 Å². The summed E-state index contributed by atoms with van der Waals surface area (Å²) in [4.78, 5) is 62.5. The number of hydrogen-bond acceptors (Lipinski definition) is 11. The van der Waals surface area contributed by atoms with Crippen molar-refractivity contribution in [2.75, 3.05) is 20.8 Å². The van der Waals surface area contributed by atoms with Gasteiger partial charge in [-0.2, -0.15) is 0 Å². The van der Waals surface area contributed by atoms with Crippen LogP contribution in [0.4, 0.5) is 4.79 Å². The number of carbonyl (C=O) groups excluding carboxylic acids is 4. The minimum absolute atomic E-state index is 0.00932. The van der Waals surface area contributed by atoms with Crippen molar-refractivity contribution in [3.05, 3.63) is 36.4 Å². The predicted molar refractivity (Wildman–Crippen MR) is 208 cm³/mol. The quantitative estimate of drug-likeness (QED) is 0.322. The fourth-order valence-corrected chi connectivity index (χ4v) is 9.00. The number of allylic oxidation sites excluding steroid dienone is 1. The number of pyridine rings is 1. The average Bonchev–Trinajstić information content (AvgIpc) is 4.00. The predicted octanol–water partition coefficient (Wildman–Crippen LogP) is 4.38. The van der Waals surface area contributed by atoms with Gasteiger partial charge in [-0.3, -0.25) is 19.1 Å². The molecular weight excluding hydrogens is 743 g/mol. The Morgan fingerprint density at radius 3 is 2.45 bits per heavy atom. The summed E-state index contributed by atoms with van der Waals surface area (Å²) >= 11 is 0. The van der Waals surface area contributed by atoms with Crippen LogP contribution in [0.15, 0.2) is 36.4 Å². The number of carbonyl (C=O) groups is 4. The van der Waals surface area contributed by atoms with Gasteiger partial charge in [-0.1, -0.05) is 26.0 Å². The number of sulfonamides is 1. The molecule has 0 unspecified atom stereocenters. The number of rotatable bonds is 8. The minimum Gasteiger partial charge on any atom is -0.497 e. The summed E-state index contributed by atoms with van der Waals surface area (Å²) in [5, 5.41) is 6.41. The molecule has 0 bridgehead atoms. The lowest BCUT2D eigenvalue weighted by Gasteiger charge is -2.33. The van der Waals surface area contributed by atoms with Crippen LogP contribution in [0.25, 0.3) is 10.9 Å². The zero-order chi connectivity index (χ0) is 40.8. The van der Waals surface area contributed by atoms with Crippen LogP contribution in [0.5, 0.6) is 17.4 Å². The first-order valence-electron chi connectivity index (χ1n) is 19.3. The van der Waals surface area contributed by atoms with Gasteiger partial charge in [-0.15, -0.1) is 0 Å². The molecule has 15 nitrogen and oxygen atoms in total. The minimum atomic E-state index is -4.01. The first-order chi connectivity index (χ1) is 26.3. The highest BCUT2D eigenvalue weighted by Gasteiger charge is 2.63. The van der Waals surface area contributed by atoms with Crippen molar-refractivity contribution in [2.24, 2.45) is 17.8 Å². The lowest BCUT2D eigenvalue weighted by Crippen LogP contribution is -2.59. The molecule has 2 aliphatic carbocycles. The summed E-state index contributed by atoms with van der Waals surface area (Å²) in [6.07, 6.45) is 5.36. The average molecular weight is 798 g/mol. The third kappa shape index (κ3) is 8.69. The number of methoxy groups -OCH3 is 2. The van der Waals surface area contributed by atoms with E-state index in [0.717, 1.165) is 6.42 Å². The fourth-order valence-electron chi connectivity index (χ4n) is 7.69. The topological polar surface area (TPSA) is 192 Å². The molecule has 1 saturated heterocycles. The Labute approximate surface area is 328 Å². The maximum atomic E-state index is 14.8. The van der Waals surface area contributed by atoms with Crippen LogP contribution in [0.1, 0.15) is 86.5 Å². The molecule has 4 aliphatic rings. The SMILES string of the molecule is COc1ccc2nc(OC)c(O[C@@H]3C[C@H]4C(=O)N[C@]5(C(=O)NS(=O)(=O)C6(C)CC6)C[C@H]5/C=C\CC[C@@H](C)C[C@@H](C)[C@H](NC(=O)OC(C)(C)C)C(=O)N4C3)cc2c1. The normalized spacial score (nSPS) is 29.7. The molecule has 306 valence electrons. The standard InChI is InChI=1S/C40H55N5O10S/c1-23-11-9-10-12-26-21-40(26,36(48)44-56(50,51)39(6)15-16-39)43-33(46)30-20-28(54-31-19-25-18-27(52-7)13-14-29(25)41-34(31)53-8)22-45(30)35(47)32(24(2)17-23)42-37(49)55-38(3,4)5/h10,12-14,18-19,23-24,26,28,30,32H,9,11,15-17,20-22H2,1-8H3,(H,42,49)(H,43,46)(H,44,48)/b12-10-/t23-,24-,26-,28-,30+,32+,40-/m1/s1. The Kier molecular flexibility index (Phi) is 11.3. The molecule has 2 aromatic rings. The second-order valence-corrected chi connectivity index (χ2v) is 19.3. The Morgan fingerprint density at radius 2 is 1.79 bits per heavy atom. The summed E-state index contributed by atoms with van der Waals surface area (Å²) in [6.45, 7) is 10.7. The van der Waals surface area contributed by atoms with E-state index in [1.54, 1.807) is 59.1 Å². The van der Waals surface area contributed by atoms with Crippen molar-refractivity contribution in [3.8, 4) is 17.4 Å². The molecule has 1 aromatic heterocycles. The van der Waals surface area contributed by atoms with Crippen molar-refractivity contribution in [1.82, 2.24) is 25.2 Å². The summed E-state index contributed by atoms with van der Waals surface area (Å²) in [5.41, 5.74) is -1.74. The lowest BCUT2D eigenvalue weighted by molar-refractivity contribution is -0.142. The Hall–Kier alpha value is -4.60. The van der Waals surface area contributed by atoms with Gasteiger partial charge < -0.3 is 34.5 Å². The molecule has 7 atom stereocenters. The molecule has 3 N–H and O–H groups in total. The zero-order valence-electron chi connectivity index (χ0n) is 33.5. The summed E-state index contributed by atoms with van der Waals surface area (Å²) in [5.74, 6) is -1.56. The van der Waals surface area contributed by atoms with Gasteiger partial charge in [-0.05, 0) is 102 Å². The first-order valence-corrected chi connectivity index (χ1v) is 20.8.